The van der Waals surface area contributed by atoms with Gasteiger partial charge in [-0.25, -0.2) is 14.8 Å². The van der Waals surface area contributed by atoms with E-state index in [1.165, 1.54) is 18.4 Å². The Hall–Kier alpha value is -3.99. The Bertz CT molecular complexity index is 1250. The predicted octanol–water partition coefficient (Wildman–Crippen LogP) is 2.92. The highest BCUT2D eigenvalue weighted by molar-refractivity contribution is 7.12. The van der Waals surface area contributed by atoms with Crippen LogP contribution in [-0.2, 0) is 16.0 Å². The van der Waals surface area contributed by atoms with Gasteiger partial charge in [0.25, 0.3) is 11.8 Å². The number of benzene rings is 1. The third-order valence-electron chi connectivity index (χ3n) is 5.66. The molecule has 0 aliphatic rings. The molecule has 3 rings (SSSR count). The minimum absolute atomic E-state index is 0.133. The number of hydrogen-bond donors (Lipinski definition) is 4. The Balaban J connectivity index is 1.60. The third-order valence-corrected chi connectivity index (χ3v) is 6.68. The summed E-state index contributed by atoms with van der Waals surface area (Å²) >= 11 is 1.30. The number of aromatic hydroxyl groups is 1. The number of esters is 1. The van der Waals surface area contributed by atoms with Gasteiger partial charge in [0.15, 0.2) is 0 Å². The maximum atomic E-state index is 13.1. The zero-order valence-electron chi connectivity index (χ0n) is 21.3. The molecule has 4 N–H and O–H groups in total. The van der Waals surface area contributed by atoms with Crippen molar-refractivity contribution in [1.29, 1.82) is 0 Å². The van der Waals surface area contributed by atoms with Crippen LogP contribution in [0.15, 0.2) is 35.7 Å². The summed E-state index contributed by atoms with van der Waals surface area (Å²) in [7, 11) is 1.22. The van der Waals surface area contributed by atoms with Crippen LogP contribution < -0.4 is 16.0 Å². The molecule has 2 aromatic heterocycles. The molecule has 0 saturated heterocycles. The van der Waals surface area contributed by atoms with E-state index in [-0.39, 0.29) is 23.8 Å². The Morgan fingerprint density at radius 2 is 1.81 bits per heavy atom. The van der Waals surface area contributed by atoms with Crippen molar-refractivity contribution in [2.24, 2.45) is 0 Å². The standard InChI is InChI=1S/C26H31N5O5S/c1-15-10-12-37-22(15)24(34)28-14-20(25(35)36-4)31-23(33)21-16(2)29-26(30-17(21)3)27-11-6-8-18-7-5-9-19(32)13-18/h5,7,9-10,12-13,20,32H,6,8,11,14H2,1-4H3,(H,28,34)(H,31,33)(H,27,29,30). The average Bonchev–Trinajstić information content (AvgIpc) is 3.29. The van der Waals surface area contributed by atoms with E-state index in [9.17, 15) is 19.5 Å². The molecule has 2 heterocycles. The summed E-state index contributed by atoms with van der Waals surface area (Å²) in [6, 6.07) is 7.87. The molecule has 1 aromatic carbocycles. The van der Waals surface area contributed by atoms with Crippen LogP contribution in [0.3, 0.4) is 0 Å². The van der Waals surface area contributed by atoms with Crippen molar-refractivity contribution in [3.05, 3.63) is 68.7 Å². The highest BCUT2D eigenvalue weighted by Crippen LogP contribution is 2.16. The number of carbonyl (C=O) groups is 3. The maximum Gasteiger partial charge on any atom is 0.330 e. The lowest BCUT2D eigenvalue weighted by Crippen LogP contribution is -2.49. The molecule has 10 nitrogen and oxygen atoms in total. The summed E-state index contributed by atoms with van der Waals surface area (Å²) in [6.07, 6.45) is 1.57. The molecule has 196 valence electrons. The number of amides is 2. The van der Waals surface area contributed by atoms with Gasteiger partial charge in [-0.2, -0.15) is 0 Å². The van der Waals surface area contributed by atoms with E-state index in [1.807, 2.05) is 24.4 Å². The van der Waals surface area contributed by atoms with Crippen LogP contribution >= 0.6 is 11.3 Å². The fraction of sp³-hybridized carbons (Fsp3) is 0.346. The van der Waals surface area contributed by atoms with Crippen molar-refractivity contribution in [3.63, 3.8) is 0 Å². The molecule has 0 radical (unpaired) electrons. The van der Waals surface area contributed by atoms with Crippen LogP contribution in [0.4, 0.5) is 5.95 Å². The minimum Gasteiger partial charge on any atom is -0.508 e. The van der Waals surface area contributed by atoms with Gasteiger partial charge in [-0.15, -0.1) is 11.3 Å². The van der Waals surface area contributed by atoms with E-state index in [1.54, 1.807) is 32.0 Å². The predicted molar refractivity (Wildman–Crippen MR) is 141 cm³/mol. The van der Waals surface area contributed by atoms with E-state index in [0.29, 0.717) is 28.8 Å². The quantitative estimate of drug-likeness (QED) is 0.221. The molecule has 0 bridgehead atoms. The molecule has 0 aliphatic carbocycles. The van der Waals surface area contributed by atoms with Gasteiger partial charge >= 0.3 is 5.97 Å². The number of anilines is 1. The number of ether oxygens (including phenoxy) is 1. The molecule has 37 heavy (non-hydrogen) atoms. The molecule has 0 spiro atoms. The van der Waals surface area contributed by atoms with Gasteiger partial charge in [0, 0.05) is 13.1 Å². The highest BCUT2D eigenvalue weighted by Gasteiger charge is 2.26. The van der Waals surface area contributed by atoms with Gasteiger partial charge in [0.05, 0.1) is 28.9 Å². The van der Waals surface area contributed by atoms with Crippen LogP contribution in [0.5, 0.6) is 5.75 Å². The number of rotatable bonds is 11. The number of thiophene rings is 1. The minimum atomic E-state index is -1.09. The molecule has 0 fully saturated rings. The van der Waals surface area contributed by atoms with E-state index >= 15 is 0 Å². The van der Waals surface area contributed by atoms with Crippen molar-refractivity contribution in [1.82, 2.24) is 20.6 Å². The smallest absolute Gasteiger partial charge is 0.330 e. The summed E-state index contributed by atoms with van der Waals surface area (Å²) in [6.45, 7) is 5.68. The zero-order chi connectivity index (χ0) is 26.9. The average molecular weight is 526 g/mol. The molecule has 1 unspecified atom stereocenters. The molecule has 2 amide bonds. The summed E-state index contributed by atoms with van der Waals surface area (Å²) in [5, 5.41) is 19.8. The molecule has 3 aromatic rings. The number of carbonyl (C=O) groups excluding carboxylic acids is 3. The highest BCUT2D eigenvalue weighted by atomic mass is 32.1. The lowest BCUT2D eigenvalue weighted by Gasteiger charge is -2.18. The molecular weight excluding hydrogens is 494 g/mol. The van der Waals surface area contributed by atoms with Gasteiger partial charge in [-0.3, -0.25) is 9.59 Å². The third kappa shape index (κ3) is 7.50. The number of hydrogen-bond acceptors (Lipinski definition) is 9. The summed E-state index contributed by atoms with van der Waals surface area (Å²) in [4.78, 5) is 47.1. The largest absolute Gasteiger partial charge is 0.508 e. The number of nitrogens with one attached hydrogen (secondary N) is 3. The van der Waals surface area contributed by atoms with Crippen LogP contribution in [0.2, 0.25) is 0 Å². The number of methoxy groups -OCH3 is 1. The summed E-state index contributed by atoms with van der Waals surface area (Å²) < 4.78 is 4.81. The normalized spacial score (nSPS) is 11.5. The van der Waals surface area contributed by atoms with Crippen molar-refractivity contribution < 1.29 is 24.2 Å². The fourth-order valence-electron chi connectivity index (χ4n) is 3.78. The maximum absolute atomic E-state index is 13.1. The lowest BCUT2D eigenvalue weighted by molar-refractivity contribution is -0.142. The Kier molecular flexibility index (Phi) is 9.56. The first-order valence-corrected chi connectivity index (χ1v) is 12.7. The molecule has 1 atom stereocenters. The van der Waals surface area contributed by atoms with Crippen molar-refractivity contribution in [2.75, 3.05) is 25.5 Å². The molecular formula is C26H31N5O5S. The first-order valence-electron chi connectivity index (χ1n) is 11.8. The number of phenolic OH excluding ortho intramolecular Hbond substituents is 1. The molecule has 0 aliphatic heterocycles. The lowest BCUT2D eigenvalue weighted by atomic mass is 10.1. The Morgan fingerprint density at radius 3 is 2.43 bits per heavy atom. The van der Waals surface area contributed by atoms with Crippen molar-refractivity contribution in [3.8, 4) is 5.75 Å². The molecule has 11 heteroatoms. The fourth-order valence-corrected chi connectivity index (χ4v) is 4.62. The van der Waals surface area contributed by atoms with Crippen LogP contribution in [0.25, 0.3) is 0 Å². The van der Waals surface area contributed by atoms with Crippen LogP contribution in [0.1, 0.15) is 49.0 Å². The Labute approximate surface area is 219 Å². The van der Waals surface area contributed by atoms with Gasteiger partial charge in [0.2, 0.25) is 5.95 Å². The van der Waals surface area contributed by atoms with Gasteiger partial charge in [-0.05, 0) is 68.3 Å². The number of aromatic nitrogens is 2. The topological polar surface area (TPSA) is 143 Å². The number of nitrogens with zero attached hydrogens (tertiary/aromatic N) is 2. The van der Waals surface area contributed by atoms with E-state index < -0.39 is 17.9 Å². The molecule has 0 saturated carbocycles. The Morgan fingerprint density at radius 1 is 1.08 bits per heavy atom. The summed E-state index contributed by atoms with van der Waals surface area (Å²) in [5.74, 6) is -0.917. The monoisotopic (exact) mass is 525 g/mol. The SMILES string of the molecule is COC(=O)C(CNC(=O)c1sccc1C)NC(=O)c1c(C)nc(NCCCc2cccc(O)c2)nc1C. The van der Waals surface area contributed by atoms with E-state index in [4.69, 9.17) is 4.74 Å². The van der Waals surface area contributed by atoms with Gasteiger partial charge in [-0.1, -0.05) is 12.1 Å². The number of phenols is 1. The second kappa shape index (κ2) is 12.8. The van der Waals surface area contributed by atoms with Crippen molar-refractivity contribution >= 4 is 35.1 Å². The summed E-state index contributed by atoms with van der Waals surface area (Å²) in [5.41, 5.74) is 3.01. The van der Waals surface area contributed by atoms with Crippen LogP contribution in [0, 0.1) is 20.8 Å². The van der Waals surface area contributed by atoms with Crippen LogP contribution in [-0.4, -0.2) is 59.1 Å². The first-order chi connectivity index (χ1) is 17.7. The number of aryl methyl sites for hydroxylation is 4. The zero-order valence-corrected chi connectivity index (χ0v) is 22.1. The van der Waals surface area contributed by atoms with Gasteiger partial charge < -0.3 is 25.8 Å². The van der Waals surface area contributed by atoms with Gasteiger partial charge in [0.1, 0.15) is 11.8 Å². The van der Waals surface area contributed by atoms with E-state index in [2.05, 4.69) is 25.9 Å². The van der Waals surface area contributed by atoms with E-state index in [0.717, 1.165) is 24.0 Å². The second-order valence-electron chi connectivity index (χ2n) is 8.49. The van der Waals surface area contributed by atoms with Crippen molar-refractivity contribution in [2.45, 2.75) is 39.7 Å². The first kappa shape index (κ1) is 27.6. The second-order valence-corrected chi connectivity index (χ2v) is 9.40.